The van der Waals surface area contributed by atoms with Gasteiger partial charge < -0.3 is 10.3 Å². The van der Waals surface area contributed by atoms with Gasteiger partial charge in [-0.3, -0.25) is 4.79 Å². The molecule has 1 heterocycles. The molecule has 0 amide bonds. The molecule has 0 spiro atoms. The second kappa shape index (κ2) is 3.06. The van der Waals surface area contributed by atoms with E-state index in [0.29, 0.717) is 5.69 Å². The van der Waals surface area contributed by atoms with Crippen LogP contribution < -0.4 is 10.9 Å². The van der Waals surface area contributed by atoms with Crippen molar-refractivity contribution in [2.45, 2.75) is 6.92 Å². The Balaban J connectivity index is 2.92. The van der Waals surface area contributed by atoms with Crippen molar-refractivity contribution in [2.75, 3.05) is 11.9 Å². The van der Waals surface area contributed by atoms with E-state index >= 15 is 0 Å². The van der Waals surface area contributed by atoms with E-state index in [1.807, 2.05) is 6.92 Å². The van der Waals surface area contributed by atoms with Crippen molar-refractivity contribution < 1.29 is 0 Å². The number of hydrogen-bond donors (Lipinski definition) is 2. The standard InChI is InChI=1S/C7H10N2O/c1-2-8-6-4-3-5-9-7(6)10/h3-5,8H,2H2,1H3,(H,9,10). The summed E-state index contributed by atoms with van der Waals surface area (Å²) in [6.07, 6.45) is 1.61. The Morgan fingerprint density at radius 1 is 1.70 bits per heavy atom. The molecule has 0 saturated carbocycles. The minimum Gasteiger partial charge on any atom is -0.381 e. The van der Waals surface area contributed by atoms with Crippen molar-refractivity contribution in [1.82, 2.24) is 4.98 Å². The van der Waals surface area contributed by atoms with Gasteiger partial charge in [0, 0.05) is 12.7 Å². The number of aromatic amines is 1. The molecule has 0 fully saturated rings. The first-order chi connectivity index (χ1) is 4.84. The summed E-state index contributed by atoms with van der Waals surface area (Å²) in [6, 6.07) is 3.54. The Bertz CT molecular complexity index is 254. The van der Waals surface area contributed by atoms with Crippen LogP contribution in [0.15, 0.2) is 23.1 Å². The van der Waals surface area contributed by atoms with Crippen molar-refractivity contribution in [3.63, 3.8) is 0 Å². The van der Waals surface area contributed by atoms with Gasteiger partial charge in [-0.05, 0) is 19.1 Å². The zero-order valence-electron chi connectivity index (χ0n) is 5.85. The van der Waals surface area contributed by atoms with Crippen LogP contribution in [0.5, 0.6) is 0 Å². The second-order valence-corrected chi connectivity index (χ2v) is 1.94. The zero-order valence-corrected chi connectivity index (χ0v) is 5.85. The molecule has 0 aromatic carbocycles. The van der Waals surface area contributed by atoms with Gasteiger partial charge in [-0.15, -0.1) is 0 Å². The molecule has 0 aliphatic heterocycles. The number of H-pyrrole nitrogens is 1. The Morgan fingerprint density at radius 3 is 3.10 bits per heavy atom. The lowest BCUT2D eigenvalue weighted by atomic mass is 10.4. The van der Waals surface area contributed by atoms with Crippen molar-refractivity contribution in [3.05, 3.63) is 28.7 Å². The van der Waals surface area contributed by atoms with Crippen molar-refractivity contribution in [3.8, 4) is 0 Å². The zero-order chi connectivity index (χ0) is 7.40. The smallest absolute Gasteiger partial charge is 0.271 e. The molecule has 2 N–H and O–H groups in total. The third kappa shape index (κ3) is 1.37. The summed E-state index contributed by atoms with van der Waals surface area (Å²) in [4.78, 5) is 13.5. The predicted octanol–water partition coefficient (Wildman–Crippen LogP) is 0.807. The first-order valence-electron chi connectivity index (χ1n) is 3.26. The van der Waals surface area contributed by atoms with Gasteiger partial charge >= 0.3 is 0 Å². The average Bonchev–Trinajstić information content (AvgIpc) is 1.94. The maximum atomic E-state index is 10.9. The summed E-state index contributed by atoms with van der Waals surface area (Å²) in [7, 11) is 0. The van der Waals surface area contributed by atoms with Crippen LogP contribution in [0, 0.1) is 0 Å². The minimum absolute atomic E-state index is 0.0654. The fourth-order valence-electron chi connectivity index (χ4n) is 0.751. The summed E-state index contributed by atoms with van der Waals surface area (Å²) in [5.74, 6) is 0. The fourth-order valence-corrected chi connectivity index (χ4v) is 0.751. The minimum atomic E-state index is -0.0654. The number of rotatable bonds is 2. The second-order valence-electron chi connectivity index (χ2n) is 1.94. The van der Waals surface area contributed by atoms with E-state index in [2.05, 4.69) is 10.3 Å². The lowest BCUT2D eigenvalue weighted by molar-refractivity contribution is 1.16. The summed E-state index contributed by atoms with van der Waals surface area (Å²) < 4.78 is 0. The third-order valence-electron chi connectivity index (χ3n) is 1.19. The van der Waals surface area contributed by atoms with E-state index in [-0.39, 0.29) is 5.56 Å². The molecule has 0 saturated heterocycles. The molecule has 3 heteroatoms. The van der Waals surface area contributed by atoms with Crippen LogP contribution in [0.3, 0.4) is 0 Å². The lowest BCUT2D eigenvalue weighted by Gasteiger charge is -1.98. The normalized spacial score (nSPS) is 9.30. The van der Waals surface area contributed by atoms with Crippen LogP contribution in [0.25, 0.3) is 0 Å². The van der Waals surface area contributed by atoms with Crippen LogP contribution in [0.4, 0.5) is 5.69 Å². The van der Waals surface area contributed by atoms with Crippen LogP contribution in [-0.2, 0) is 0 Å². The topological polar surface area (TPSA) is 44.9 Å². The first-order valence-corrected chi connectivity index (χ1v) is 3.26. The summed E-state index contributed by atoms with van der Waals surface area (Å²) in [5.41, 5.74) is 0.564. The van der Waals surface area contributed by atoms with Gasteiger partial charge in [0.25, 0.3) is 5.56 Å². The SMILES string of the molecule is CCNc1ccc[nH]c1=O. The molecule has 54 valence electrons. The van der Waals surface area contributed by atoms with Crippen molar-refractivity contribution in [1.29, 1.82) is 0 Å². The molecule has 1 aromatic heterocycles. The molecule has 1 aromatic rings. The van der Waals surface area contributed by atoms with Crippen LogP contribution in [0.1, 0.15) is 6.92 Å². The van der Waals surface area contributed by atoms with Gasteiger partial charge in [0.15, 0.2) is 0 Å². The van der Waals surface area contributed by atoms with E-state index in [1.165, 1.54) is 0 Å². The largest absolute Gasteiger partial charge is 0.381 e. The number of anilines is 1. The number of nitrogens with one attached hydrogen (secondary N) is 2. The Kier molecular flexibility index (Phi) is 2.10. The molecule has 0 aliphatic rings. The monoisotopic (exact) mass is 138 g/mol. The fraction of sp³-hybridized carbons (Fsp3) is 0.286. The molecule has 0 aliphatic carbocycles. The predicted molar refractivity (Wildman–Crippen MR) is 41.2 cm³/mol. The quantitative estimate of drug-likeness (QED) is 0.635. The Labute approximate surface area is 59.1 Å². The van der Waals surface area contributed by atoms with Crippen LogP contribution >= 0.6 is 0 Å². The van der Waals surface area contributed by atoms with E-state index in [0.717, 1.165) is 6.54 Å². The van der Waals surface area contributed by atoms with Gasteiger partial charge in [0.2, 0.25) is 0 Å². The highest BCUT2D eigenvalue weighted by molar-refractivity contribution is 5.39. The van der Waals surface area contributed by atoms with Crippen molar-refractivity contribution >= 4 is 5.69 Å². The van der Waals surface area contributed by atoms with E-state index in [4.69, 9.17) is 0 Å². The molecule has 1 rings (SSSR count). The van der Waals surface area contributed by atoms with E-state index < -0.39 is 0 Å². The number of aromatic nitrogens is 1. The summed E-state index contributed by atoms with van der Waals surface area (Å²) >= 11 is 0. The third-order valence-corrected chi connectivity index (χ3v) is 1.19. The molecule has 0 radical (unpaired) electrons. The number of pyridine rings is 1. The molecular formula is C7H10N2O. The summed E-state index contributed by atoms with van der Waals surface area (Å²) in [5, 5.41) is 2.93. The summed E-state index contributed by atoms with van der Waals surface area (Å²) in [6.45, 7) is 2.72. The lowest BCUT2D eigenvalue weighted by Crippen LogP contribution is -2.12. The van der Waals surface area contributed by atoms with Gasteiger partial charge in [-0.2, -0.15) is 0 Å². The molecule has 10 heavy (non-hydrogen) atoms. The van der Waals surface area contributed by atoms with Crippen LogP contribution in [-0.4, -0.2) is 11.5 Å². The van der Waals surface area contributed by atoms with E-state index in [9.17, 15) is 4.79 Å². The maximum absolute atomic E-state index is 10.9. The molecule has 0 bridgehead atoms. The van der Waals surface area contributed by atoms with E-state index in [1.54, 1.807) is 18.3 Å². The van der Waals surface area contributed by atoms with Crippen molar-refractivity contribution in [2.24, 2.45) is 0 Å². The highest BCUT2D eigenvalue weighted by atomic mass is 16.1. The van der Waals surface area contributed by atoms with Gasteiger partial charge in [-0.1, -0.05) is 0 Å². The van der Waals surface area contributed by atoms with Gasteiger partial charge in [-0.25, -0.2) is 0 Å². The Hall–Kier alpha value is -1.25. The molecular weight excluding hydrogens is 128 g/mol. The molecule has 3 nitrogen and oxygen atoms in total. The highest BCUT2D eigenvalue weighted by Crippen LogP contribution is 1.93. The average molecular weight is 138 g/mol. The number of hydrogen-bond acceptors (Lipinski definition) is 2. The molecule has 0 atom stereocenters. The van der Waals surface area contributed by atoms with Crippen LogP contribution in [0.2, 0.25) is 0 Å². The Morgan fingerprint density at radius 2 is 2.50 bits per heavy atom. The molecule has 0 unspecified atom stereocenters. The first kappa shape index (κ1) is 6.86. The van der Waals surface area contributed by atoms with Gasteiger partial charge in [0.1, 0.15) is 5.69 Å². The van der Waals surface area contributed by atoms with Gasteiger partial charge in [0.05, 0.1) is 0 Å². The maximum Gasteiger partial charge on any atom is 0.271 e. The highest BCUT2D eigenvalue weighted by Gasteiger charge is 1.91.